The van der Waals surface area contributed by atoms with Crippen LogP contribution in [-0.2, 0) is 4.74 Å². The highest BCUT2D eigenvalue weighted by atomic mass is 32.1. The van der Waals surface area contributed by atoms with Crippen molar-refractivity contribution in [1.82, 2.24) is 9.27 Å². The van der Waals surface area contributed by atoms with Gasteiger partial charge in [0.15, 0.2) is 0 Å². The molecule has 1 aliphatic rings. The van der Waals surface area contributed by atoms with E-state index in [4.69, 9.17) is 10.5 Å². The highest BCUT2D eigenvalue weighted by Crippen LogP contribution is 2.34. The smallest absolute Gasteiger partial charge is 0.410 e. The van der Waals surface area contributed by atoms with Gasteiger partial charge in [-0.15, -0.1) is 0 Å². The van der Waals surface area contributed by atoms with Gasteiger partial charge in [0.2, 0.25) is 0 Å². The van der Waals surface area contributed by atoms with Crippen LogP contribution in [0.25, 0.3) is 0 Å². The Morgan fingerprint density at radius 1 is 1.62 bits per heavy atom. The minimum atomic E-state index is -1.14. The van der Waals surface area contributed by atoms with Crippen molar-refractivity contribution in [2.45, 2.75) is 50.9 Å². The maximum Gasteiger partial charge on any atom is 0.410 e. The van der Waals surface area contributed by atoms with Crippen molar-refractivity contribution < 1.29 is 14.6 Å². The maximum absolute atomic E-state index is 12.2. The van der Waals surface area contributed by atoms with E-state index in [1.165, 1.54) is 16.4 Å². The van der Waals surface area contributed by atoms with E-state index in [0.29, 0.717) is 19.4 Å². The number of nitrogens with zero attached hydrogens (tertiary/aromatic N) is 2. The second-order valence-electron chi connectivity index (χ2n) is 6.50. The molecule has 0 aromatic carbocycles. The number of carbonyl (C=O) groups excluding carboxylic acids is 1. The topological polar surface area (TPSA) is 88.7 Å². The molecule has 0 saturated carbocycles. The van der Waals surface area contributed by atoms with Gasteiger partial charge in [0.05, 0.1) is 12.6 Å². The Bertz CT molecular complexity index is 486. The minimum Gasteiger partial charge on any atom is -0.444 e. The molecule has 1 aromatic heterocycles. The number of hydrogen-bond donors (Lipinski definition) is 2. The summed E-state index contributed by atoms with van der Waals surface area (Å²) in [4.78, 5) is 14.5. The van der Waals surface area contributed by atoms with Crippen molar-refractivity contribution in [3.63, 3.8) is 0 Å². The van der Waals surface area contributed by atoms with Crippen LogP contribution in [0.2, 0.25) is 0 Å². The Hall–Kier alpha value is -1.18. The summed E-state index contributed by atoms with van der Waals surface area (Å²) < 4.78 is 9.38. The molecular formula is C14H23N3O3S. The van der Waals surface area contributed by atoms with E-state index in [2.05, 4.69) is 4.37 Å². The molecule has 118 valence electrons. The fourth-order valence-electron chi connectivity index (χ4n) is 2.45. The first-order chi connectivity index (χ1) is 9.71. The Kier molecular flexibility index (Phi) is 4.55. The predicted octanol–water partition coefficient (Wildman–Crippen LogP) is 1.90. The Labute approximate surface area is 129 Å². The second kappa shape index (κ2) is 5.90. The molecule has 0 radical (unpaired) electrons. The van der Waals surface area contributed by atoms with E-state index in [0.717, 1.165) is 4.88 Å². The number of ether oxygens (including phenoxy) is 1. The molecule has 1 aromatic rings. The number of aliphatic hydroxyl groups is 1. The zero-order valence-corrected chi connectivity index (χ0v) is 13.5. The van der Waals surface area contributed by atoms with Gasteiger partial charge in [0, 0.05) is 17.6 Å². The Balaban J connectivity index is 2.07. The number of piperidine rings is 1. The minimum absolute atomic E-state index is 0.182. The molecule has 7 heteroatoms. The van der Waals surface area contributed by atoms with Gasteiger partial charge in [0.25, 0.3) is 0 Å². The van der Waals surface area contributed by atoms with Crippen LogP contribution < -0.4 is 5.73 Å². The van der Waals surface area contributed by atoms with Crippen LogP contribution in [0.1, 0.15) is 44.5 Å². The molecule has 2 heterocycles. The summed E-state index contributed by atoms with van der Waals surface area (Å²) in [5, 5.41) is 10.8. The fraction of sp³-hybridized carbons (Fsp3) is 0.714. The molecule has 2 atom stereocenters. The summed E-state index contributed by atoms with van der Waals surface area (Å²) in [5.74, 6) is 0. The van der Waals surface area contributed by atoms with Gasteiger partial charge in [-0.05, 0) is 51.2 Å². The largest absolute Gasteiger partial charge is 0.444 e. The first-order valence-electron chi connectivity index (χ1n) is 7.08. The van der Waals surface area contributed by atoms with Crippen LogP contribution in [0.15, 0.2) is 12.3 Å². The van der Waals surface area contributed by atoms with E-state index in [9.17, 15) is 9.90 Å². The lowest BCUT2D eigenvalue weighted by Gasteiger charge is -2.42. The highest BCUT2D eigenvalue weighted by molar-refractivity contribution is 7.05. The number of aromatic nitrogens is 1. The molecule has 3 N–H and O–H groups in total. The van der Waals surface area contributed by atoms with Crippen LogP contribution >= 0.6 is 11.5 Å². The SMILES string of the molecule is CC(C)(C)OC(=O)N1CCCC(O)(C(N)c2ccns2)C1. The predicted molar refractivity (Wildman–Crippen MR) is 81.0 cm³/mol. The molecule has 0 spiro atoms. The molecule has 2 rings (SSSR count). The van der Waals surface area contributed by atoms with Gasteiger partial charge in [-0.1, -0.05) is 0 Å². The van der Waals surface area contributed by atoms with Gasteiger partial charge in [-0.2, -0.15) is 0 Å². The molecule has 0 bridgehead atoms. The molecule has 1 amide bonds. The standard InChI is InChI=1S/C14H23N3O3S/c1-13(2,3)20-12(18)17-8-4-6-14(19,9-17)11(15)10-5-7-16-21-10/h5,7,11,19H,4,6,8-9,15H2,1-3H3. The third-order valence-corrected chi connectivity index (χ3v) is 4.33. The summed E-state index contributed by atoms with van der Waals surface area (Å²) in [7, 11) is 0. The zero-order chi connectivity index (χ0) is 15.7. The van der Waals surface area contributed by atoms with Gasteiger partial charge in [0.1, 0.15) is 11.2 Å². The lowest BCUT2D eigenvalue weighted by atomic mass is 9.85. The summed E-state index contributed by atoms with van der Waals surface area (Å²) in [5.41, 5.74) is 4.49. The summed E-state index contributed by atoms with van der Waals surface area (Å²) in [6, 6.07) is 1.26. The Morgan fingerprint density at radius 2 is 2.33 bits per heavy atom. The van der Waals surface area contributed by atoms with E-state index in [-0.39, 0.29) is 6.54 Å². The van der Waals surface area contributed by atoms with Crippen molar-refractivity contribution in [3.05, 3.63) is 17.1 Å². The Morgan fingerprint density at radius 3 is 2.90 bits per heavy atom. The summed E-state index contributed by atoms with van der Waals surface area (Å²) in [6.45, 7) is 6.23. The zero-order valence-electron chi connectivity index (χ0n) is 12.7. The second-order valence-corrected chi connectivity index (χ2v) is 7.37. The monoisotopic (exact) mass is 313 g/mol. The number of carbonyl (C=O) groups is 1. The number of β-amino-alcohol motifs (C(OH)–C–C–N with tert-alkyl or cyclic N) is 1. The molecule has 1 saturated heterocycles. The van der Waals surface area contributed by atoms with Gasteiger partial charge in [-0.3, -0.25) is 0 Å². The molecule has 6 nitrogen and oxygen atoms in total. The lowest BCUT2D eigenvalue weighted by molar-refractivity contribution is -0.0569. The van der Waals surface area contributed by atoms with Gasteiger partial charge < -0.3 is 20.5 Å². The van der Waals surface area contributed by atoms with Gasteiger partial charge in [-0.25, -0.2) is 9.17 Å². The summed E-state index contributed by atoms with van der Waals surface area (Å²) >= 11 is 1.27. The van der Waals surface area contributed by atoms with E-state index >= 15 is 0 Å². The molecule has 21 heavy (non-hydrogen) atoms. The van der Waals surface area contributed by atoms with Crippen molar-refractivity contribution in [3.8, 4) is 0 Å². The van der Waals surface area contributed by atoms with Crippen molar-refractivity contribution in [2.75, 3.05) is 13.1 Å². The first kappa shape index (κ1) is 16.2. The molecule has 1 aliphatic heterocycles. The number of likely N-dealkylation sites (tertiary alicyclic amines) is 1. The van der Waals surface area contributed by atoms with Crippen LogP contribution in [0, 0.1) is 0 Å². The third-order valence-electron chi connectivity index (χ3n) is 3.50. The molecule has 0 aliphatic carbocycles. The van der Waals surface area contributed by atoms with E-state index in [1.807, 2.05) is 20.8 Å². The van der Waals surface area contributed by atoms with Crippen LogP contribution in [-0.4, -0.2) is 44.8 Å². The number of hydrogen-bond acceptors (Lipinski definition) is 6. The first-order valence-corrected chi connectivity index (χ1v) is 7.85. The van der Waals surface area contributed by atoms with Crippen LogP contribution in [0.3, 0.4) is 0 Å². The quantitative estimate of drug-likeness (QED) is 0.870. The molecule has 1 fully saturated rings. The van der Waals surface area contributed by atoms with Gasteiger partial charge >= 0.3 is 6.09 Å². The highest BCUT2D eigenvalue weighted by Gasteiger charge is 2.42. The average molecular weight is 313 g/mol. The lowest BCUT2D eigenvalue weighted by Crippen LogP contribution is -2.55. The molecule has 2 unspecified atom stereocenters. The fourth-order valence-corrected chi connectivity index (χ4v) is 3.15. The normalized spacial score (nSPS) is 24.7. The van der Waals surface area contributed by atoms with Crippen molar-refractivity contribution >= 4 is 17.6 Å². The number of nitrogens with two attached hydrogens (primary N) is 1. The number of amides is 1. The third kappa shape index (κ3) is 3.93. The van der Waals surface area contributed by atoms with Crippen molar-refractivity contribution in [2.24, 2.45) is 5.73 Å². The van der Waals surface area contributed by atoms with E-state index in [1.54, 1.807) is 12.3 Å². The van der Waals surface area contributed by atoms with Crippen LogP contribution in [0.4, 0.5) is 4.79 Å². The number of rotatable bonds is 2. The molecular weight excluding hydrogens is 290 g/mol. The average Bonchev–Trinajstić information content (AvgIpc) is 2.89. The van der Waals surface area contributed by atoms with E-state index < -0.39 is 23.3 Å². The maximum atomic E-state index is 12.2. The van der Waals surface area contributed by atoms with Crippen LogP contribution in [0.5, 0.6) is 0 Å². The van der Waals surface area contributed by atoms with Crippen molar-refractivity contribution in [1.29, 1.82) is 0 Å². The summed E-state index contributed by atoms with van der Waals surface area (Å²) in [6.07, 6.45) is 2.52.